The normalized spacial score (nSPS) is 34.8. The molecule has 1 heterocycles. The van der Waals surface area contributed by atoms with Gasteiger partial charge in [-0.1, -0.05) is 6.42 Å². The Bertz CT molecular complexity index is 351. The largest absolute Gasteiger partial charge is 0.306 e. The number of hydrogen-bond donors (Lipinski definition) is 1. The molecule has 0 aromatic rings. The van der Waals surface area contributed by atoms with Crippen LogP contribution in [-0.4, -0.2) is 62.7 Å². The summed E-state index contributed by atoms with van der Waals surface area (Å²) in [5.41, 5.74) is -0.256. The molecule has 0 aromatic heterocycles. The molecule has 0 spiro atoms. The lowest BCUT2D eigenvalue weighted by atomic mass is 9.86. The van der Waals surface area contributed by atoms with Crippen molar-refractivity contribution in [1.29, 1.82) is 5.26 Å². The summed E-state index contributed by atoms with van der Waals surface area (Å²) in [6.07, 6.45) is 5.89. The number of nitrogens with one attached hydrogen (secondary N) is 1. The van der Waals surface area contributed by atoms with Gasteiger partial charge in [-0.2, -0.15) is 5.26 Å². The van der Waals surface area contributed by atoms with Gasteiger partial charge in [-0.15, -0.1) is 0 Å². The lowest BCUT2D eigenvalue weighted by Crippen LogP contribution is -2.45. The number of nitrogens with zero attached hydrogens (tertiary/aromatic N) is 3. The van der Waals surface area contributed by atoms with Crippen LogP contribution in [-0.2, 0) is 0 Å². The highest BCUT2D eigenvalue weighted by Crippen LogP contribution is 2.37. The van der Waals surface area contributed by atoms with E-state index in [-0.39, 0.29) is 5.54 Å². The van der Waals surface area contributed by atoms with Gasteiger partial charge in [0.15, 0.2) is 0 Å². The third-order valence-corrected chi connectivity index (χ3v) is 5.38. The van der Waals surface area contributed by atoms with E-state index in [0.29, 0.717) is 5.92 Å². The lowest BCUT2D eigenvalue weighted by Gasteiger charge is -2.30. The molecule has 114 valence electrons. The van der Waals surface area contributed by atoms with Crippen molar-refractivity contribution in [2.75, 3.05) is 47.3 Å². The first-order valence-corrected chi connectivity index (χ1v) is 8.07. The summed E-state index contributed by atoms with van der Waals surface area (Å²) in [7, 11) is 6.40. The number of likely N-dealkylation sites (tertiary alicyclic amines) is 1. The number of rotatable bonds is 6. The second kappa shape index (κ2) is 6.89. The van der Waals surface area contributed by atoms with E-state index in [1.165, 1.54) is 38.9 Å². The Hall–Kier alpha value is -0.630. The lowest BCUT2D eigenvalue weighted by molar-refractivity contribution is 0.232. The van der Waals surface area contributed by atoms with Gasteiger partial charge >= 0.3 is 0 Å². The van der Waals surface area contributed by atoms with Gasteiger partial charge in [-0.05, 0) is 71.8 Å². The third-order valence-electron chi connectivity index (χ3n) is 5.38. The van der Waals surface area contributed by atoms with Gasteiger partial charge in [-0.3, -0.25) is 0 Å². The highest BCUT2D eigenvalue weighted by atomic mass is 15.1. The molecular formula is C16H30N4. The van der Waals surface area contributed by atoms with Gasteiger partial charge in [0.2, 0.25) is 0 Å². The molecule has 1 aliphatic heterocycles. The van der Waals surface area contributed by atoms with Gasteiger partial charge < -0.3 is 15.1 Å². The van der Waals surface area contributed by atoms with Gasteiger partial charge in [0.25, 0.3) is 0 Å². The van der Waals surface area contributed by atoms with Crippen molar-refractivity contribution in [2.45, 2.75) is 37.6 Å². The topological polar surface area (TPSA) is 42.3 Å². The Labute approximate surface area is 124 Å². The second-order valence-corrected chi connectivity index (χ2v) is 6.89. The van der Waals surface area contributed by atoms with Gasteiger partial charge in [0, 0.05) is 13.1 Å². The van der Waals surface area contributed by atoms with Crippen LogP contribution in [0.2, 0.25) is 0 Å². The van der Waals surface area contributed by atoms with Crippen molar-refractivity contribution in [2.24, 2.45) is 11.8 Å². The smallest absolute Gasteiger partial charge is 0.109 e. The Morgan fingerprint density at radius 3 is 2.85 bits per heavy atom. The Morgan fingerprint density at radius 2 is 2.25 bits per heavy atom. The molecule has 2 aliphatic rings. The summed E-state index contributed by atoms with van der Waals surface area (Å²) in [4.78, 5) is 4.90. The van der Waals surface area contributed by atoms with E-state index in [1.807, 2.05) is 7.05 Å². The predicted molar refractivity (Wildman–Crippen MR) is 82.5 cm³/mol. The second-order valence-electron chi connectivity index (χ2n) is 6.89. The molecule has 20 heavy (non-hydrogen) atoms. The zero-order chi connectivity index (χ0) is 14.6. The van der Waals surface area contributed by atoms with Crippen LogP contribution >= 0.6 is 0 Å². The summed E-state index contributed by atoms with van der Waals surface area (Å²) in [5, 5.41) is 12.8. The van der Waals surface area contributed by atoms with Crippen LogP contribution in [0.25, 0.3) is 0 Å². The average Bonchev–Trinajstić information content (AvgIpc) is 3.03. The highest BCUT2D eigenvalue weighted by molar-refractivity contribution is 5.13. The molecule has 3 atom stereocenters. The van der Waals surface area contributed by atoms with Crippen LogP contribution in [0.3, 0.4) is 0 Å². The first-order chi connectivity index (χ1) is 9.59. The van der Waals surface area contributed by atoms with Crippen molar-refractivity contribution in [1.82, 2.24) is 15.1 Å². The third kappa shape index (κ3) is 3.52. The fraction of sp³-hybridized carbons (Fsp3) is 0.938. The molecule has 1 saturated carbocycles. The highest BCUT2D eigenvalue weighted by Gasteiger charge is 2.41. The van der Waals surface area contributed by atoms with E-state index in [1.54, 1.807) is 0 Å². The zero-order valence-corrected chi connectivity index (χ0v) is 13.4. The monoisotopic (exact) mass is 278 g/mol. The average molecular weight is 278 g/mol. The molecule has 0 amide bonds. The van der Waals surface area contributed by atoms with Crippen LogP contribution in [0.1, 0.15) is 32.1 Å². The minimum Gasteiger partial charge on any atom is -0.306 e. The van der Waals surface area contributed by atoms with E-state index >= 15 is 0 Å². The first-order valence-electron chi connectivity index (χ1n) is 8.07. The zero-order valence-electron chi connectivity index (χ0n) is 13.4. The molecule has 1 aliphatic carbocycles. The molecule has 0 aromatic carbocycles. The summed E-state index contributed by atoms with van der Waals surface area (Å²) >= 11 is 0. The van der Waals surface area contributed by atoms with E-state index in [4.69, 9.17) is 0 Å². The van der Waals surface area contributed by atoms with Crippen LogP contribution in [0.4, 0.5) is 0 Å². The van der Waals surface area contributed by atoms with Crippen molar-refractivity contribution in [3.05, 3.63) is 0 Å². The van der Waals surface area contributed by atoms with Crippen LogP contribution in [0, 0.1) is 23.2 Å². The summed E-state index contributed by atoms with van der Waals surface area (Å²) in [5.74, 6) is 1.35. The number of hydrogen-bond acceptors (Lipinski definition) is 4. The molecular weight excluding hydrogens is 248 g/mol. The molecule has 4 heteroatoms. The first kappa shape index (κ1) is 15.8. The van der Waals surface area contributed by atoms with Gasteiger partial charge in [-0.25, -0.2) is 0 Å². The molecule has 1 saturated heterocycles. The maximum absolute atomic E-state index is 9.48. The molecule has 0 bridgehead atoms. The molecule has 3 unspecified atom stereocenters. The van der Waals surface area contributed by atoms with E-state index in [9.17, 15) is 5.26 Å². The van der Waals surface area contributed by atoms with Crippen molar-refractivity contribution in [3.63, 3.8) is 0 Å². The summed E-state index contributed by atoms with van der Waals surface area (Å²) in [6, 6.07) is 2.54. The van der Waals surface area contributed by atoms with E-state index in [0.717, 1.165) is 25.3 Å². The molecule has 1 N–H and O–H groups in total. The van der Waals surface area contributed by atoms with Gasteiger partial charge in [0.1, 0.15) is 5.54 Å². The minimum atomic E-state index is -0.256. The maximum atomic E-state index is 9.48. The Morgan fingerprint density at radius 1 is 1.45 bits per heavy atom. The van der Waals surface area contributed by atoms with Crippen LogP contribution in [0.5, 0.6) is 0 Å². The molecule has 0 radical (unpaired) electrons. The van der Waals surface area contributed by atoms with Crippen LogP contribution in [0.15, 0.2) is 0 Å². The summed E-state index contributed by atoms with van der Waals surface area (Å²) < 4.78 is 0. The minimum absolute atomic E-state index is 0.256. The predicted octanol–water partition coefficient (Wildman–Crippen LogP) is 1.54. The van der Waals surface area contributed by atoms with E-state index in [2.05, 4.69) is 35.3 Å². The Balaban J connectivity index is 1.75. The fourth-order valence-electron chi connectivity index (χ4n) is 4.08. The summed E-state index contributed by atoms with van der Waals surface area (Å²) in [6.45, 7) is 4.82. The maximum Gasteiger partial charge on any atom is 0.109 e. The van der Waals surface area contributed by atoms with Gasteiger partial charge in [0.05, 0.1) is 6.07 Å². The molecule has 2 fully saturated rings. The SMILES string of the molecule is CNC1(C#N)CCCC1CCN(C)CC1CCN(C)C1. The fourth-order valence-corrected chi connectivity index (χ4v) is 4.08. The molecule has 2 rings (SSSR count). The standard InChI is InChI=1S/C16H30N4/c1-18-16(13-17)8-4-5-15(16)7-10-20(3)12-14-6-9-19(2)11-14/h14-15,18H,4-12H2,1-3H3. The van der Waals surface area contributed by atoms with Crippen molar-refractivity contribution in [3.8, 4) is 6.07 Å². The Kier molecular flexibility index (Phi) is 5.42. The quantitative estimate of drug-likeness (QED) is 0.800. The van der Waals surface area contributed by atoms with Crippen molar-refractivity contribution >= 4 is 0 Å². The molecule has 4 nitrogen and oxygen atoms in total. The number of nitriles is 1. The van der Waals surface area contributed by atoms with E-state index < -0.39 is 0 Å². The van der Waals surface area contributed by atoms with Crippen molar-refractivity contribution < 1.29 is 0 Å². The van der Waals surface area contributed by atoms with Crippen LogP contribution < -0.4 is 5.32 Å².